The van der Waals surface area contributed by atoms with Gasteiger partial charge in [-0.3, -0.25) is 9.59 Å². The van der Waals surface area contributed by atoms with Crippen molar-refractivity contribution < 1.29 is 32.2 Å². The first-order chi connectivity index (χ1) is 15.3. The number of sulfonamides is 1. The van der Waals surface area contributed by atoms with Gasteiger partial charge in [0.25, 0.3) is 5.91 Å². The van der Waals surface area contributed by atoms with Crippen LogP contribution >= 0.6 is 11.7 Å². The second-order valence-electron chi connectivity index (χ2n) is 6.75. The van der Waals surface area contributed by atoms with E-state index in [0.29, 0.717) is 35.9 Å². The van der Waals surface area contributed by atoms with Crippen LogP contribution in [0.1, 0.15) is 6.92 Å². The van der Waals surface area contributed by atoms with Crippen molar-refractivity contribution in [3.05, 3.63) is 36.4 Å². The minimum Gasteiger partial charge on any atom is -0.486 e. The normalized spacial score (nSPS) is 14.0. The molecule has 1 aliphatic rings. The molecule has 0 spiro atoms. The predicted molar refractivity (Wildman–Crippen MR) is 114 cm³/mol. The third-order valence-electron chi connectivity index (χ3n) is 4.40. The highest BCUT2D eigenvalue weighted by Gasteiger charge is 2.26. The molecule has 0 aliphatic carbocycles. The average molecular weight is 479 g/mol. The molecule has 0 radical (unpaired) electrons. The van der Waals surface area contributed by atoms with Crippen LogP contribution in [-0.4, -0.2) is 54.9 Å². The number of carbonyl (C=O) groups is 2. The lowest BCUT2D eigenvalue weighted by Crippen LogP contribution is -2.40. The summed E-state index contributed by atoms with van der Waals surface area (Å²) in [5.41, 5.74) is 1.09. The molecule has 2 heterocycles. The predicted octanol–water partition coefficient (Wildman–Crippen LogP) is 1.31. The zero-order valence-electron chi connectivity index (χ0n) is 16.7. The van der Waals surface area contributed by atoms with E-state index in [1.54, 1.807) is 24.3 Å². The van der Waals surface area contributed by atoms with Gasteiger partial charge in [0, 0.05) is 11.8 Å². The van der Waals surface area contributed by atoms with E-state index in [-0.39, 0.29) is 10.4 Å². The number of fused-ring (bicyclic) bond motifs is 2. The van der Waals surface area contributed by atoms with E-state index in [9.17, 15) is 18.0 Å². The number of benzene rings is 2. The second-order valence-corrected chi connectivity index (χ2v) is 8.96. The SMILES string of the molecule is C[C@@H](NS(=O)(=O)c1cccc2nsnc12)C(=O)OCC(=O)Nc1ccc2c(c1)OCCO2. The second kappa shape index (κ2) is 9.06. The Bertz CT molecular complexity index is 1280. The summed E-state index contributed by atoms with van der Waals surface area (Å²) >= 11 is 0.885. The standard InChI is InChI=1S/C19H18N4O7S2/c1-11(23-32(26,27)16-4-2-3-13-18(16)22-31-21-13)19(25)30-10-17(24)20-12-5-6-14-15(9-12)29-8-7-28-14/h2-6,9,11,23H,7-8,10H2,1H3,(H,20,24)/t11-/m1/s1. The summed E-state index contributed by atoms with van der Waals surface area (Å²) in [6, 6.07) is 8.18. The van der Waals surface area contributed by atoms with Crippen molar-refractivity contribution >= 4 is 50.3 Å². The van der Waals surface area contributed by atoms with Gasteiger partial charge in [0.05, 0.1) is 11.7 Å². The average Bonchev–Trinajstić information content (AvgIpc) is 3.26. The minimum absolute atomic E-state index is 0.0975. The molecule has 0 bridgehead atoms. The van der Waals surface area contributed by atoms with Gasteiger partial charge in [0.1, 0.15) is 35.2 Å². The third-order valence-corrected chi connectivity index (χ3v) is 6.51. The van der Waals surface area contributed by atoms with Gasteiger partial charge in [-0.05, 0) is 31.2 Å². The molecule has 0 saturated carbocycles. The zero-order chi connectivity index (χ0) is 22.7. The molecular formula is C19H18N4O7S2. The molecule has 13 heteroatoms. The van der Waals surface area contributed by atoms with Crippen LogP contribution in [0.5, 0.6) is 11.5 Å². The van der Waals surface area contributed by atoms with E-state index in [4.69, 9.17) is 14.2 Å². The van der Waals surface area contributed by atoms with Gasteiger partial charge in [-0.15, -0.1) is 0 Å². The highest BCUT2D eigenvalue weighted by atomic mass is 32.2. The number of hydrogen-bond acceptors (Lipinski definition) is 10. The first kappa shape index (κ1) is 21.9. The molecule has 1 aromatic heterocycles. The Morgan fingerprint density at radius 1 is 1.16 bits per heavy atom. The number of rotatable bonds is 7. The number of nitrogens with zero attached hydrogens (tertiary/aromatic N) is 2. The van der Waals surface area contributed by atoms with Crippen LogP contribution < -0.4 is 19.5 Å². The van der Waals surface area contributed by atoms with E-state index < -0.39 is 34.5 Å². The quantitative estimate of drug-likeness (QED) is 0.480. The Morgan fingerprint density at radius 3 is 2.75 bits per heavy atom. The molecule has 1 amide bonds. The molecule has 0 unspecified atom stereocenters. The fourth-order valence-corrected chi connectivity index (χ4v) is 4.88. The topological polar surface area (TPSA) is 146 Å². The number of nitrogens with one attached hydrogen (secondary N) is 2. The van der Waals surface area contributed by atoms with Crippen LogP contribution in [0.25, 0.3) is 11.0 Å². The molecule has 4 rings (SSSR count). The maximum absolute atomic E-state index is 12.7. The van der Waals surface area contributed by atoms with Crippen LogP contribution in [0.3, 0.4) is 0 Å². The number of esters is 1. The first-order valence-corrected chi connectivity index (χ1v) is 11.6. The van der Waals surface area contributed by atoms with E-state index in [1.807, 2.05) is 0 Å². The molecule has 1 aliphatic heterocycles. The van der Waals surface area contributed by atoms with E-state index in [1.165, 1.54) is 19.1 Å². The van der Waals surface area contributed by atoms with Gasteiger partial charge >= 0.3 is 5.97 Å². The molecule has 0 saturated heterocycles. The summed E-state index contributed by atoms with van der Waals surface area (Å²) in [4.78, 5) is 24.2. The van der Waals surface area contributed by atoms with Gasteiger partial charge in [-0.25, -0.2) is 8.42 Å². The lowest BCUT2D eigenvalue weighted by Gasteiger charge is -2.19. The van der Waals surface area contributed by atoms with Crippen molar-refractivity contribution in [1.29, 1.82) is 0 Å². The van der Waals surface area contributed by atoms with Gasteiger partial charge < -0.3 is 19.5 Å². The smallest absolute Gasteiger partial charge is 0.324 e. The van der Waals surface area contributed by atoms with Crippen molar-refractivity contribution in [2.75, 3.05) is 25.1 Å². The third kappa shape index (κ3) is 4.79. The lowest BCUT2D eigenvalue weighted by atomic mass is 10.2. The van der Waals surface area contributed by atoms with Gasteiger partial charge in [0.15, 0.2) is 18.1 Å². The molecule has 168 valence electrons. The number of amides is 1. The number of anilines is 1. The number of hydrogen-bond donors (Lipinski definition) is 2. The Labute approximate surface area is 187 Å². The summed E-state index contributed by atoms with van der Waals surface area (Å²) in [6.07, 6.45) is 0. The van der Waals surface area contributed by atoms with Crippen LogP contribution in [0.4, 0.5) is 5.69 Å². The van der Waals surface area contributed by atoms with Crippen LogP contribution in [0, 0.1) is 0 Å². The lowest BCUT2D eigenvalue weighted by molar-refractivity contribution is -0.148. The van der Waals surface area contributed by atoms with E-state index in [2.05, 4.69) is 18.8 Å². The molecule has 3 aromatic rings. The Hall–Kier alpha value is -3.29. The zero-order valence-corrected chi connectivity index (χ0v) is 18.4. The summed E-state index contributed by atoms with van der Waals surface area (Å²) in [7, 11) is -4.07. The van der Waals surface area contributed by atoms with E-state index in [0.717, 1.165) is 11.7 Å². The van der Waals surface area contributed by atoms with Gasteiger partial charge in [0.2, 0.25) is 10.0 Å². The molecule has 2 aromatic carbocycles. The van der Waals surface area contributed by atoms with Crippen molar-refractivity contribution in [1.82, 2.24) is 13.5 Å². The summed E-state index contributed by atoms with van der Waals surface area (Å²) in [6.45, 7) is 1.58. The highest BCUT2D eigenvalue weighted by molar-refractivity contribution is 7.89. The molecule has 1 atom stereocenters. The first-order valence-electron chi connectivity index (χ1n) is 9.43. The van der Waals surface area contributed by atoms with Gasteiger partial charge in [-0.2, -0.15) is 13.5 Å². The fraction of sp³-hybridized carbons (Fsp3) is 0.263. The highest BCUT2D eigenvalue weighted by Crippen LogP contribution is 2.32. The van der Waals surface area contributed by atoms with Crippen molar-refractivity contribution in [2.45, 2.75) is 17.9 Å². The molecule has 32 heavy (non-hydrogen) atoms. The largest absolute Gasteiger partial charge is 0.486 e. The fourth-order valence-electron chi connectivity index (χ4n) is 2.92. The van der Waals surface area contributed by atoms with Crippen LogP contribution in [0.2, 0.25) is 0 Å². The van der Waals surface area contributed by atoms with Crippen molar-refractivity contribution in [2.24, 2.45) is 0 Å². The Balaban J connectivity index is 1.32. The van der Waals surface area contributed by atoms with Crippen LogP contribution in [0.15, 0.2) is 41.3 Å². The number of ether oxygens (including phenoxy) is 3. The number of aromatic nitrogens is 2. The summed E-state index contributed by atoms with van der Waals surface area (Å²) < 4.78 is 51.4. The Kier molecular flexibility index (Phi) is 6.21. The summed E-state index contributed by atoms with van der Waals surface area (Å²) in [5.74, 6) is -0.428. The molecule has 0 fully saturated rings. The van der Waals surface area contributed by atoms with Crippen molar-refractivity contribution in [3.8, 4) is 11.5 Å². The molecule has 2 N–H and O–H groups in total. The van der Waals surface area contributed by atoms with E-state index >= 15 is 0 Å². The minimum atomic E-state index is -4.07. The van der Waals surface area contributed by atoms with Crippen molar-refractivity contribution in [3.63, 3.8) is 0 Å². The molecule has 11 nitrogen and oxygen atoms in total. The number of carbonyl (C=O) groups excluding carboxylic acids is 2. The van der Waals surface area contributed by atoms with Crippen LogP contribution in [-0.2, 0) is 24.3 Å². The summed E-state index contributed by atoms with van der Waals surface area (Å²) in [5, 5.41) is 2.57. The monoisotopic (exact) mass is 478 g/mol. The van der Waals surface area contributed by atoms with Gasteiger partial charge in [-0.1, -0.05) is 6.07 Å². The Morgan fingerprint density at radius 2 is 1.94 bits per heavy atom. The maximum Gasteiger partial charge on any atom is 0.324 e. The maximum atomic E-state index is 12.7. The molecular weight excluding hydrogens is 460 g/mol.